The Morgan fingerprint density at radius 3 is 2.85 bits per heavy atom. The third kappa shape index (κ3) is 2.05. The number of Topliss-reactive ketones (excluding diaryl/α,β-unsaturated/α-hetero) is 1. The van der Waals surface area contributed by atoms with E-state index in [4.69, 9.17) is 4.74 Å². The maximum absolute atomic E-state index is 12.8. The zero-order valence-corrected chi connectivity index (χ0v) is 15.3. The number of hydrogen-bond acceptors (Lipinski definition) is 5. The van der Waals surface area contributed by atoms with Crippen molar-refractivity contribution in [1.29, 1.82) is 0 Å². The Balaban J connectivity index is 1.70. The van der Waals surface area contributed by atoms with Crippen LogP contribution in [0.2, 0.25) is 0 Å². The molecule has 4 unspecified atom stereocenters. The molecular formula is C21H27NO4. The van der Waals surface area contributed by atoms with Crippen molar-refractivity contribution in [2.24, 2.45) is 5.92 Å². The Morgan fingerprint density at radius 2 is 2.12 bits per heavy atom. The molecule has 4 aliphatic rings. The first-order chi connectivity index (χ1) is 12.5. The van der Waals surface area contributed by atoms with Gasteiger partial charge in [-0.1, -0.05) is 6.07 Å². The zero-order valence-electron chi connectivity index (χ0n) is 15.3. The van der Waals surface area contributed by atoms with Crippen molar-refractivity contribution >= 4 is 5.78 Å². The molecule has 3 fully saturated rings. The average molecular weight is 357 g/mol. The number of likely N-dealkylation sites (tertiary alicyclic amines) is 1. The van der Waals surface area contributed by atoms with E-state index in [0.29, 0.717) is 19.3 Å². The number of carbonyl (C=O) groups excluding carboxylic acids is 1. The number of fused-ring (bicyclic) bond motifs is 1. The fourth-order valence-corrected chi connectivity index (χ4v) is 6.12. The maximum atomic E-state index is 12.8. The molecular weight excluding hydrogens is 330 g/mol. The van der Waals surface area contributed by atoms with E-state index in [-0.39, 0.29) is 17.6 Å². The first-order valence-corrected chi connectivity index (χ1v) is 9.84. The highest BCUT2D eigenvalue weighted by Crippen LogP contribution is 2.58. The summed E-state index contributed by atoms with van der Waals surface area (Å²) in [4.78, 5) is 15.2. The van der Waals surface area contributed by atoms with Crippen molar-refractivity contribution in [2.75, 3.05) is 20.2 Å². The monoisotopic (exact) mass is 357 g/mol. The third-order valence-corrected chi connectivity index (χ3v) is 7.46. The van der Waals surface area contributed by atoms with E-state index in [0.717, 1.165) is 36.6 Å². The quantitative estimate of drug-likeness (QED) is 0.863. The third-order valence-electron chi connectivity index (χ3n) is 7.46. The number of phenols is 1. The topological polar surface area (TPSA) is 70.0 Å². The number of carbonyl (C=O) groups is 1. The van der Waals surface area contributed by atoms with Crippen LogP contribution in [0.4, 0.5) is 0 Å². The van der Waals surface area contributed by atoms with Gasteiger partial charge in [-0.05, 0) is 67.8 Å². The molecule has 0 amide bonds. The molecule has 1 aromatic carbocycles. The Hall–Kier alpha value is -1.43. The fraction of sp³-hybridized carbons (Fsp3) is 0.667. The van der Waals surface area contributed by atoms with Gasteiger partial charge >= 0.3 is 0 Å². The molecule has 1 saturated heterocycles. The first-order valence-electron chi connectivity index (χ1n) is 9.84. The summed E-state index contributed by atoms with van der Waals surface area (Å²) in [7, 11) is 1.58. The molecule has 26 heavy (non-hydrogen) atoms. The fourth-order valence-electron chi connectivity index (χ4n) is 6.12. The molecule has 3 aliphatic carbocycles. The van der Waals surface area contributed by atoms with Gasteiger partial charge in [0.05, 0.1) is 11.0 Å². The number of hydrogen-bond donors (Lipinski definition) is 2. The molecule has 140 valence electrons. The molecule has 2 N–H and O–H groups in total. The lowest BCUT2D eigenvalue weighted by atomic mass is 9.48. The van der Waals surface area contributed by atoms with E-state index in [9.17, 15) is 15.0 Å². The smallest absolute Gasteiger partial charge is 0.162 e. The highest BCUT2D eigenvalue weighted by Gasteiger charge is 2.69. The lowest BCUT2D eigenvalue weighted by Gasteiger charge is -2.65. The number of nitrogens with zero attached hydrogens (tertiary/aromatic N) is 1. The SMILES string of the molecule is COC1C(=O)CCC2(O)C3Cc4ccc(O)cc4C12CCN3CC1CC1. The lowest BCUT2D eigenvalue weighted by Crippen LogP contribution is -2.77. The summed E-state index contributed by atoms with van der Waals surface area (Å²) in [6.45, 7) is 1.91. The van der Waals surface area contributed by atoms with Gasteiger partial charge in [-0.15, -0.1) is 0 Å². The number of phenolic OH excluding ortho intramolecular Hbond substituents is 1. The Bertz CT molecular complexity index is 760. The minimum absolute atomic E-state index is 0.0136. The minimum atomic E-state index is -0.991. The predicted molar refractivity (Wildman–Crippen MR) is 96.2 cm³/mol. The predicted octanol–water partition coefficient (Wildman–Crippen LogP) is 1.78. The normalized spacial score (nSPS) is 39.4. The molecule has 2 saturated carbocycles. The Labute approximate surface area is 154 Å². The number of ketones is 1. The number of aliphatic hydroxyl groups is 1. The zero-order chi connectivity index (χ0) is 18.1. The van der Waals surface area contributed by atoms with Crippen LogP contribution in [-0.4, -0.2) is 58.8 Å². The van der Waals surface area contributed by atoms with Crippen LogP contribution in [0.15, 0.2) is 18.2 Å². The maximum Gasteiger partial charge on any atom is 0.162 e. The lowest BCUT2D eigenvalue weighted by molar-refractivity contribution is -0.205. The molecule has 1 heterocycles. The average Bonchev–Trinajstić information content (AvgIpc) is 3.42. The molecule has 5 nitrogen and oxygen atoms in total. The van der Waals surface area contributed by atoms with Crippen LogP contribution in [-0.2, 0) is 21.4 Å². The molecule has 4 atom stereocenters. The summed E-state index contributed by atoms with van der Waals surface area (Å²) in [5, 5.41) is 22.2. The standard InChI is InChI=1S/C21H27NO4/c1-26-19-17(24)6-7-21(25)18-10-14-4-5-15(23)11-16(14)20(19,21)8-9-22(18)12-13-2-3-13/h4-5,11,13,18-19,23,25H,2-3,6-10,12H2,1H3. The van der Waals surface area contributed by atoms with Crippen LogP contribution >= 0.6 is 0 Å². The van der Waals surface area contributed by atoms with Crippen LogP contribution in [0.3, 0.4) is 0 Å². The van der Waals surface area contributed by atoms with Crippen molar-refractivity contribution in [2.45, 2.75) is 61.7 Å². The number of benzene rings is 1. The van der Waals surface area contributed by atoms with Gasteiger partial charge in [-0.2, -0.15) is 0 Å². The second-order valence-electron chi connectivity index (χ2n) is 8.73. The number of ether oxygens (including phenoxy) is 1. The molecule has 1 aromatic rings. The summed E-state index contributed by atoms with van der Waals surface area (Å²) in [5.74, 6) is 1.02. The van der Waals surface area contributed by atoms with Gasteiger partial charge in [0.25, 0.3) is 0 Å². The van der Waals surface area contributed by atoms with Crippen LogP contribution in [0.5, 0.6) is 5.75 Å². The van der Waals surface area contributed by atoms with Crippen LogP contribution < -0.4 is 0 Å². The van der Waals surface area contributed by atoms with Crippen molar-refractivity contribution in [1.82, 2.24) is 4.90 Å². The van der Waals surface area contributed by atoms with Crippen LogP contribution in [0.1, 0.15) is 43.2 Å². The van der Waals surface area contributed by atoms with Gasteiger partial charge in [0.2, 0.25) is 0 Å². The van der Waals surface area contributed by atoms with E-state index < -0.39 is 17.1 Å². The van der Waals surface area contributed by atoms with E-state index in [1.807, 2.05) is 6.07 Å². The van der Waals surface area contributed by atoms with Gasteiger partial charge in [0.15, 0.2) is 5.78 Å². The summed E-state index contributed by atoms with van der Waals surface area (Å²) in [5.41, 5.74) is 0.306. The molecule has 0 spiro atoms. The van der Waals surface area contributed by atoms with Gasteiger partial charge in [-0.25, -0.2) is 0 Å². The molecule has 5 heteroatoms. The van der Waals surface area contributed by atoms with E-state index >= 15 is 0 Å². The van der Waals surface area contributed by atoms with Gasteiger partial charge in [0, 0.05) is 26.1 Å². The molecule has 5 rings (SSSR count). The molecule has 1 aliphatic heterocycles. The molecule has 0 aromatic heterocycles. The van der Waals surface area contributed by atoms with Crippen molar-refractivity contribution < 1.29 is 19.7 Å². The van der Waals surface area contributed by atoms with Crippen LogP contribution in [0, 0.1) is 5.92 Å². The number of aromatic hydroxyl groups is 1. The van der Waals surface area contributed by atoms with Gasteiger partial charge < -0.3 is 14.9 Å². The highest BCUT2D eigenvalue weighted by molar-refractivity contribution is 5.87. The highest BCUT2D eigenvalue weighted by atomic mass is 16.5. The van der Waals surface area contributed by atoms with E-state index in [1.54, 1.807) is 19.2 Å². The summed E-state index contributed by atoms with van der Waals surface area (Å²) in [6, 6.07) is 5.45. The van der Waals surface area contributed by atoms with E-state index in [1.165, 1.54) is 12.8 Å². The van der Waals surface area contributed by atoms with Crippen molar-refractivity contribution in [3.63, 3.8) is 0 Å². The summed E-state index contributed by atoms with van der Waals surface area (Å²) < 4.78 is 5.73. The minimum Gasteiger partial charge on any atom is -0.508 e. The number of piperidine rings is 1. The Morgan fingerprint density at radius 1 is 1.31 bits per heavy atom. The molecule has 0 radical (unpaired) electrons. The van der Waals surface area contributed by atoms with Gasteiger partial charge in [-0.3, -0.25) is 9.69 Å². The van der Waals surface area contributed by atoms with E-state index in [2.05, 4.69) is 4.90 Å². The second kappa shape index (κ2) is 5.54. The second-order valence-corrected chi connectivity index (χ2v) is 8.73. The van der Waals surface area contributed by atoms with Crippen molar-refractivity contribution in [3.8, 4) is 5.75 Å². The van der Waals surface area contributed by atoms with Gasteiger partial charge in [0.1, 0.15) is 11.9 Å². The Kier molecular flexibility index (Phi) is 3.56. The summed E-state index contributed by atoms with van der Waals surface area (Å²) in [6.07, 6.45) is 4.23. The summed E-state index contributed by atoms with van der Waals surface area (Å²) >= 11 is 0. The van der Waals surface area contributed by atoms with Crippen LogP contribution in [0.25, 0.3) is 0 Å². The largest absolute Gasteiger partial charge is 0.508 e. The number of methoxy groups -OCH3 is 1. The first kappa shape index (κ1) is 16.7. The number of rotatable bonds is 3. The molecule has 2 bridgehead atoms. The van der Waals surface area contributed by atoms with Crippen molar-refractivity contribution in [3.05, 3.63) is 29.3 Å².